The first-order chi connectivity index (χ1) is 13.0. The maximum absolute atomic E-state index is 14.0. The quantitative estimate of drug-likeness (QED) is 0.447. The first-order valence-corrected chi connectivity index (χ1v) is 7.18. The highest BCUT2D eigenvalue weighted by atomic mass is 19.4. The average molecular weight is 448 g/mol. The molecule has 0 heterocycles. The Labute approximate surface area is 155 Å². The molecule has 0 saturated carbocycles. The van der Waals surface area contributed by atoms with Crippen molar-refractivity contribution in [2.45, 2.75) is 29.9 Å². The lowest BCUT2D eigenvalue weighted by Gasteiger charge is -2.37. The van der Waals surface area contributed by atoms with Crippen LogP contribution in [0.3, 0.4) is 0 Å². The van der Waals surface area contributed by atoms with Crippen molar-refractivity contribution in [3.63, 3.8) is 0 Å². The van der Waals surface area contributed by atoms with E-state index in [1.54, 1.807) is 0 Å². The largest absolute Gasteiger partial charge is 0.497 e. The number of rotatable bonds is 8. The molecule has 1 aromatic carbocycles. The van der Waals surface area contributed by atoms with Crippen LogP contribution >= 0.6 is 0 Å². The van der Waals surface area contributed by atoms with Gasteiger partial charge in [-0.05, 0) is 30.3 Å². The minimum atomic E-state index is -7.58. The van der Waals surface area contributed by atoms with E-state index >= 15 is 0 Å². The lowest BCUT2D eigenvalue weighted by atomic mass is 9.96. The van der Waals surface area contributed by atoms with E-state index in [0.717, 1.165) is 24.3 Å². The van der Waals surface area contributed by atoms with E-state index in [9.17, 15) is 48.3 Å². The van der Waals surface area contributed by atoms with Gasteiger partial charge in [-0.2, -0.15) is 48.3 Å². The number of aliphatic hydroxyl groups is 1. The number of allylic oxidation sites excluding steroid dienone is 1. The van der Waals surface area contributed by atoms with Gasteiger partial charge >= 0.3 is 29.9 Å². The van der Waals surface area contributed by atoms with Gasteiger partial charge in [-0.25, -0.2) is 0 Å². The smallest absolute Gasteiger partial charge is 0.460 e. The van der Waals surface area contributed by atoms with Crippen molar-refractivity contribution in [3.8, 4) is 11.5 Å². The number of hydrogen-bond acceptors (Lipinski definition) is 3. The second-order valence-corrected chi connectivity index (χ2v) is 5.32. The van der Waals surface area contributed by atoms with Gasteiger partial charge in [0.15, 0.2) is 5.76 Å². The molecule has 1 N–H and O–H groups in total. The van der Waals surface area contributed by atoms with Crippen molar-refractivity contribution in [2.75, 3.05) is 13.7 Å². The molecule has 0 atom stereocenters. The summed E-state index contributed by atoms with van der Waals surface area (Å²) in [5.41, 5.74) is 0. The molecule has 166 valence electrons. The third-order valence-corrected chi connectivity index (χ3v) is 3.41. The van der Waals surface area contributed by atoms with Crippen LogP contribution in [0.5, 0.6) is 11.5 Å². The molecule has 1 aromatic rings. The first kappa shape index (κ1) is 24.8. The Morgan fingerprint density at radius 1 is 0.793 bits per heavy atom. The number of benzene rings is 1. The lowest BCUT2D eigenvalue weighted by molar-refractivity contribution is -0.419. The molecule has 3 nitrogen and oxygen atoms in total. The van der Waals surface area contributed by atoms with Gasteiger partial charge in [0.05, 0.1) is 13.7 Å². The van der Waals surface area contributed by atoms with Gasteiger partial charge < -0.3 is 14.6 Å². The monoisotopic (exact) mass is 448 g/mol. The summed E-state index contributed by atoms with van der Waals surface area (Å²) < 4.78 is 153. The van der Waals surface area contributed by atoms with Crippen LogP contribution in [0.25, 0.3) is 0 Å². The fourth-order valence-electron chi connectivity index (χ4n) is 1.81. The van der Waals surface area contributed by atoms with Crippen LogP contribution in [0, 0.1) is 0 Å². The summed E-state index contributed by atoms with van der Waals surface area (Å²) in [7, 11) is 1.19. The van der Waals surface area contributed by atoms with Crippen LogP contribution in [0.2, 0.25) is 0 Å². The predicted octanol–water partition coefficient (Wildman–Crippen LogP) is 5.05. The van der Waals surface area contributed by atoms with Crippen molar-refractivity contribution >= 4 is 0 Å². The van der Waals surface area contributed by atoms with Gasteiger partial charge in [0.1, 0.15) is 11.5 Å². The molecular weight excluding hydrogens is 437 g/mol. The van der Waals surface area contributed by atoms with Gasteiger partial charge in [0, 0.05) is 0 Å². The Balaban J connectivity index is 3.42. The topological polar surface area (TPSA) is 38.7 Å². The van der Waals surface area contributed by atoms with E-state index in [4.69, 9.17) is 5.11 Å². The predicted molar refractivity (Wildman–Crippen MR) is 74.6 cm³/mol. The number of alkyl halides is 11. The molecular formula is C15H11F11O3. The van der Waals surface area contributed by atoms with Crippen molar-refractivity contribution in [1.29, 1.82) is 0 Å². The minimum absolute atomic E-state index is 0.110. The Kier molecular flexibility index (Phi) is 6.73. The van der Waals surface area contributed by atoms with E-state index in [2.05, 4.69) is 9.47 Å². The van der Waals surface area contributed by atoms with Gasteiger partial charge in [-0.1, -0.05) is 0 Å². The number of ether oxygens (including phenoxy) is 2. The van der Waals surface area contributed by atoms with Crippen molar-refractivity contribution < 1.29 is 62.9 Å². The van der Waals surface area contributed by atoms with Crippen LogP contribution in [0.4, 0.5) is 48.3 Å². The number of aliphatic hydroxyl groups excluding tert-OH is 1. The van der Waals surface area contributed by atoms with E-state index in [1.165, 1.54) is 7.11 Å². The van der Waals surface area contributed by atoms with Gasteiger partial charge in [0.2, 0.25) is 0 Å². The summed E-state index contributed by atoms with van der Waals surface area (Å²) in [6.07, 6.45) is -7.56. The van der Waals surface area contributed by atoms with Gasteiger partial charge in [0.25, 0.3) is 0 Å². The first-order valence-electron chi connectivity index (χ1n) is 7.18. The summed E-state index contributed by atoms with van der Waals surface area (Å²) in [4.78, 5) is 0. The van der Waals surface area contributed by atoms with Crippen LogP contribution < -0.4 is 9.47 Å². The summed E-state index contributed by atoms with van der Waals surface area (Å²) >= 11 is 0. The van der Waals surface area contributed by atoms with E-state index in [-0.39, 0.29) is 11.8 Å². The molecule has 0 fully saturated rings. The van der Waals surface area contributed by atoms with E-state index in [1.807, 2.05) is 0 Å². The van der Waals surface area contributed by atoms with Gasteiger partial charge in [-0.3, -0.25) is 0 Å². The second kappa shape index (κ2) is 7.88. The SMILES string of the molecule is COc1ccc(O/C(=C/CO)C(F)(F)C(F)(F)C(F)(F)C(F)(F)C(F)(F)F)cc1. The highest BCUT2D eigenvalue weighted by Gasteiger charge is 2.88. The highest BCUT2D eigenvalue weighted by molar-refractivity contribution is 5.33. The zero-order valence-corrected chi connectivity index (χ0v) is 14.0. The highest BCUT2D eigenvalue weighted by Crippen LogP contribution is 2.58. The third kappa shape index (κ3) is 4.21. The van der Waals surface area contributed by atoms with Crippen LogP contribution in [0.15, 0.2) is 36.1 Å². The van der Waals surface area contributed by atoms with Gasteiger partial charge in [-0.15, -0.1) is 0 Å². The Morgan fingerprint density at radius 2 is 1.24 bits per heavy atom. The summed E-state index contributed by atoms with van der Waals surface area (Å²) in [5.74, 6) is -31.9. The zero-order chi connectivity index (χ0) is 22.9. The Hall–Kier alpha value is -2.25. The van der Waals surface area contributed by atoms with Crippen molar-refractivity contribution in [2.24, 2.45) is 0 Å². The van der Waals surface area contributed by atoms with Crippen molar-refractivity contribution in [1.82, 2.24) is 0 Å². The molecule has 0 unspecified atom stereocenters. The average Bonchev–Trinajstić information content (AvgIpc) is 2.60. The van der Waals surface area contributed by atoms with Crippen molar-refractivity contribution in [3.05, 3.63) is 36.1 Å². The summed E-state index contributed by atoms with van der Waals surface area (Å²) in [6.45, 7) is -1.53. The molecule has 29 heavy (non-hydrogen) atoms. The molecule has 0 aromatic heterocycles. The van der Waals surface area contributed by atoms with Crippen LogP contribution in [-0.2, 0) is 0 Å². The summed E-state index contributed by atoms with van der Waals surface area (Å²) in [5, 5.41) is 8.65. The molecule has 0 aliphatic rings. The molecule has 0 spiro atoms. The molecule has 0 radical (unpaired) electrons. The molecule has 0 amide bonds. The normalized spacial score (nSPS) is 14.7. The number of hydrogen-bond donors (Lipinski definition) is 1. The molecule has 0 aliphatic carbocycles. The Bertz CT molecular complexity index is 724. The molecule has 1 rings (SSSR count). The number of methoxy groups -OCH3 is 1. The standard InChI is InChI=1S/C15H11F11O3/c1-28-8-2-4-9(5-3-8)29-10(6-7-27)11(16,17)12(18,19)13(20,21)14(22,23)15(24,25)26/h2-6,27H,7H2,1H3/b10-6+. The second-order valence-electron chi connectivity index (χ2n) is 5.32. The molecule has 14 heteroatoms. The lowest BCUT2D eigenvalue weighted by Crippen LogP contribution is -2.67. The maximum Gasteiger partial charge on any atom is 0.460 e. The van der Waals surface area contributed by atoms with E-state index < -0.39 is 48.0 Å². The van der Waals surface area contributed by atoms with Crippen LogP contribution in [0.1, 0.15) is 0 Å². The molecule has 0 aliphatic heterocycles. The molecule has 0 bridgehead atoms. The maximum atomic E-state index is 14.0. The fraction of sp³-hybridized carbons (Fsp3) is 0.467. The fourth-order valence-corrected chi connectivity index (χ4v) is 1.81. The third-order valence-electron chi connectivity index (χ3n) is 3.41. The number of halogens is 11. The van der Waals surface area contributed by atoms with Crippen LogP contribution in [-0.4, -0.2) is 48.7 Å². The summed E-state index contributed by atoms with van der Waals surface area (Å²) in [6, 6.07) is 3.69. The Morgan fingerprint density at radius 3 is 1.62 bits per heavy atom. The molecule has 0 saturated heterocycles. The minimum Gasteiger partial charge on any atom is -0.497 e. The van der Waals surface area contributed by atoms with E-state index in [0.29, 0.717) is 0 Å². The zero-order valence-electron chi connectivity index (χ0n) is 14.0.